The summed E-state index contributed by atoms with van der Waals surface area (Å²) in [5, 5.41) is 2.60. The summed E-state index contributed by atoms with van der Waals surface area (Å²) in [5.41, 5.74) is 7.55. The van der Waals surface area contributed by atoms with Gasteiger partial charge < -0.3 is 10.5 Å². The van der Waals surface area contributed by atoms with Crippen molar-refractivity contribution < 1.29 is 4.74 Å². The second kappa shape index (κ2) is 6.38. The maximum Gasteiger partial charge on any atom is 0.0623 e. The Balaban J connectivity index is 2.05. The number of hydrogen-bond donors (Lipinski definition) is 1. The molecule has 0 fully saturated rings. The van der Waals surface area contributed by atoms with E-state index in [1.165, 1.54) is 16.3 Å². The first kappa shape index (κ1) is 15.0. The van der Waals surface area contributed by atoms with Gasteiger partial charge in [-0.15, -0.1) is 0 Å². The van der Waals surface area contributed by atoms with E-state index in [2.05, 4.69) is 56.3 Å². The molecule has 0 bridgehead atoms. The second-order valence-electron chi connectivity index (χ2n) is 6.10. The molecule has 2 aromatic rings. The van der Waals surface area contributed by atoms with Crippen LogP contribution in [0.4, 0.5) is 0 Å². The lowest BCUT2D eigenvalue weighted by Gasteiger charge is -2.24. The first-order chi connectivity index (χ1) is 9.52. The third kappa shape index (κ3) is 3.81. The van der Waals surface area contributed by atoms with Crippen molar-refractivity contribution in [3.63, 3.8) is 0 Å². The summed E-state index contributed by atoms with van der Waals surface area (Å²) in [4.78, 5) is 0. The van der Waals surface area contributed by atoms with Gasteiger partial charge in [0.25, 0.3) is 0 Å². The highest BCUT2D eigenvalue weighted by Crippen LogP contribution is 2.22. The second-order valence-corrected chi connectivity index (χ2v) is 6.10. The van der Waals surface area contributed by atoms with Gasteiger partial charge in [0.05, 0.1) is 5.60 Å². The molecule has 0 heterocycles. The molecular weight excluding hydrogens is 246 g/mol. The molecule has 2 nitrogen and oxygen atoms in total. The molecular formula is C18H25NO. The molecule has 20 heavy (non-hydrogen) atoms. The van der Waals surface area contributed by atoms with E-state index in [1.807, 2.05) is 0 Å². The highest BCUT2D eigenvalue weighted by Gasteiger charge is 2.18. The van der Waals surface area contributed by atoms with Crippen LogP contribution in [0.3, 0.4) is 0 Å². The molecule has 1 unspecified atom stereocenters. The summed E-state index contributed by atoms with van der Waals surface area (Å²) in [6.45, 7) is 4.22. The normalized spacial score (nSPS) is 13.6. The lowest BCUT2D eigenvalue weighted by atomic mass is 9.93. The molecule has 2 rings (SSSR count). The van der Waals surface area contributed by atoms with E-state index in [-0.39, 0.29) is 11.6 Å². The molecule has 1 atom stereocenters. The van der Waals surface area contributed by atoms with E-state index >= 15 is 0 Å². The molecule has 0 aromatic heterocycles. The Labute approximate surface area is 121 Å². The molecule has 0 aliphatic rings. The maximum absolute atomic E-state index is 6.30. The smallest absolute Gasteiger partial charge is 0.0623 e. The van der Waals surface area contributed by atoms with Crippen LogP contribution in [0.25, 0.3) is 10.8 Å². The van der Waals surface area contributed by atoms with Crippen LogP contribution in [0.15, 0.2) is 42.5 Å². The van der Waals surface area contributed by atoms with E-state index < -0.39 is 0 Å². The number of ether oxygens (including phenoxy) is 1. The van der Waals surface area contributed by atoms with Gasteiger partial charge >= 0.3 is 0 Å². The van der Waals surface area contributed by atoms with E-state index in [4.69, 9.17) is 10.5 Å². The van der Waals surface area contributed by atoms with Crippen LogP contribution in [-0.2, 0) is 11.2 Å². The van der Waals surface area contributed by atoms with Crippen molar-refractivity contribution in [2.45, 2.75) is 44.8 Å². The van der Waals surface area contributed by atoms with Gasteiger partial charge in [-0.1, -0.05) is 42.5 Å². The number of hydrogen-bond acceptors (Lipinski definition) is 2. The summed E-state index contributed by atoms with van der Waals surface area (Å²) < 4.78 is 5.45. The highest BCUT2D eigenvalue weighted by molar-refractivity contribution is 5.85. The van der Waals surface area contributed by atoms with Crippen LogP contribution in [0.1, 0.15) is 32.3 Å². The van der Waals surface area contributed by atoms with Crippen LogP contribution in [-0.4, -0.2) is 18.8 Å². The Bertz CT molecular complexity index is 557. The van der Waals surface area contributed by atoms with Crippen molar-refractivity contribution in [1.29, 1.82) is 0 Å². The van der Waals surface area contributed by atoms with Gasteiger partial charge in [-0.05, 0) is 49.4 Å². The zero-order chi connectivity index (χ0) is 14.6. The van der Waals surface area contributed by atoms with E-state index in [0.717, 1.165) is 19.3 Å². The van der Waals surface area contributed by atoms with Gasteiger partial charge in [0, 0.05) is 13.2 Å². The van der Waals surface area contributed by atoms with Crippen LogP contribution >= 0.6 is 0 Å². The number of methoxy groups -OCH3 is 1. The summed E-state index contributed by atoms with van der Waals surface area (Å²) in [6, 6.07) is 15.1. The topological polar surface area (TPSA) is 35.2 Å². The Hall–Kier alpha value is -1.38. The fraction of sp³-hybridized carbons (Fsp3) is 0.444. The maximum atomic E-state index is 6.30. The van der Waals surface area contributed by atoms with E-state index in [0.29, 0.717) is 0 Å². The van der Waals surface area contributed by atoms with Gasteiger partial charge in [0.1, 0.15) is 0 Å². The molecule has 0 radical (unpaired) electrons. The van der Waals surface area contributed by atoms with Crippen molar-refractivity contribution in [1.82, 2.24) is 0 Å². The number of benzene rings is 2. The highest BCUT2D eigenvalue weighted by atomic mass is 16.5. The van der Waals surface area contributed by atoms with Crippen LogP contribution in [0.5, 0.6) is 0 Å². The van der Waals surface area contributed by atoms with Crippen LogP contribution < -0.4 is 5.73 Å². The Morgan fingerprint density at radius 3 is 2.55 bits per heavy atom. The number of nitrogens with two attached hydrogens (primary N) is 1. The summed E-state index contributed by atoms with van der Waals surface area (Å²) in [5.74, 6) is 0. The Morgan fingerprint density at radius 1 is 1.10 bits per heavy atom. The van der Waals surface area contributed by atoms with Crippen LogP contribution in [0.2, 0.25) is 0 Å². The lowest BCUT2D eigenvalue weighted by Crippen LogP contribution is -2.29. The summed E-state index contributed by atoms with van der Waals surface area (Å²) in [7, 11) is 1.76. The molecule has 108 valence electrons. The minimum Gasteiger partial charge on any atom is -0.379 e. The van der Waals surface area contributed by atoms with Crippen molar-refractivity contribution >= 4 is 10.8 Å². The van der Waals surface area contributed by atoms with Crippen molar-refractivity contribution in [2.75, 3.05) is 7.11 Å². The molecule has 0 aliphatic carbocycles. The van der Waals surface area contributed by atoms with Gasteiger partial charge in [0.15, 0.2) is 0 Å². The monoisotopic (exact) mass is 271 g/mol. The fourth-order valence-corrected chi connectivity index (χ4v) is 2.49. The molecule has 2 N–H and O–H groups in total. The molecule has 0 saturated carbocycles. The van der Waals surface area contributed by atoms with E-state index in [9.17, 15) is 0 Å². The largest absolute Gasteiger partial charge is 0.379 e. The lowest BCUT2D eigenvalue weighted by molar-refractivity contribution is 0.0125. The quantitative estimate of drug-likeness (QED) is 0.864. The Morgan fingerprint density at radius 2 is 1.80 bits per heavy atom. The standard InChI is InChI=1S/C18H25NO/c1-18(2,20-3)12-11-16(19)13-15-9-6-8-14-7-4-5-10-17(14)15/h4-10,16H,11-13,19H2,1-3H3. The minimum absolute atomic E-state index is 0.0869. The van der Waals surface area contributed by atoms with E-state index in [1.54, 1.807) is 7.11 Å². The Kier molecular flexibility index (Phi) is 4.79. The zero-order valence-electron chi connectivity index (χ0n) is 12.7. The van der Waals surface area contributed by atoms with Gasteiger partial charge in [-0.2, -0.15) is 0 Å². The molecule has 0 spiro atoms. The SMILES string of the molecule is COC(C)(C)CCC(N)Cc1cccc2ccccc12. The van der Waals surface area contributed by atoms with Crippen molar-refractivity contribution in [2.24, 2.45) is 5.73 Å². The molecule has 2 aromatic carbocycles. The number of rotatable bonds is 6. The predicted octanol–water partition coefficient (Wildman–Crippen LogP) is 3.91. The number of fused-ring (bicyclic) bond motifs is 1. The first-order valence-electron chi connectivity index (χ1n) is 7.29. The average Bonchev–Trinajstić information content (AvgIpc) is 2.46. The van der Waals surface area contributed by atoms with Gasteiger partial charge in [-0.3, -0.25) is 0 Å². The van der Waals surface area contributed by atoms with Gasteiger partial charge in [0.2, 0.25) is 0 Å². The molecule has 0 saturated heterocycles. The van der Waals surface area contributed by atoms with Crippen molar-refractivity contribution in [3.8, 4) is 0 Å². The van der Waals surface area contributed by atoms with Gasteiger partial charge in [-0.25, -0.2) is 0 Å². The zero-order valence-corrected chi connectivity index (χ0v) is 12.7. The third-order valence-corrected chi connectivity index (χ3v) is 4.03. The molecule has 2 heteroatoms. The average molecular weight is 271 g/mol. The third-order valence-electron chi connectivity index (χ3n) is 4.03. The minimum atomic E-state index is -0.0869. The van der Waals surface area contributed by atoms with Crippen LogP contribution in [0, 0.1) is 0 Å². The molecule has 0 amide bonds. The molecule has 0 aliphatic heterocycles. The summed E-state index contributed by atoms with van der Waals surface area (Å²) in [6.07, 6.45) is 2.88. The summed E-state index contributed by atoms with van der Waals surface area (Å²) >= 11 is 0. The first-order valence-corrected chi connectivity index (χ1v) is 7.29. The van der Waals surface area contributed by atoms with Crippen molar-refractivity contribution in [3.05, 3.63) is 48.0 Å². The predicted molar refractivity (Wildman–Crippen MR) is 85.9 cm³/mol. The fourth-order valence-electron chi connectivity index (χ4n) is 2.49.